The summed E-state index contributed by atoms with van der Waals surface area (Å²) in [6, 6.07) is 0. The summed E-state index contributed by atoms with van der Waals surface area (Å²) in [5.41, 5.74) is -0.778. The van der Waals surface area contributed by atoms with Crippen LogP contribution in [0.25, 0.3) is 0 Å². The number of rotatable bonds is 1. The minimum absolute atomic E-state index is 0.264. The molecule has 0 spiro atoms. The van der Waals surface area contributed by atoms with Crippen molar-refractivity contribution in [1.29, 1.82) is 0 Å². The summed E-state index contributed by atoms with van der Waals surface area (Å²) in [7, 11) is 0. The molecule has 1 saturated heterocycles. The quantitative estimate of drug-likeness (QED) is 0.360. The summed E-state index contributed by atoms with van der Waals surface area (Å²) in [6.07, 6.45) is 0. The van der Waals surface area contributed by atoms with Crippen molar-refractivity contribution in [3.63, 3.8) is 0 Å². The molecule has 1 rings (SSSR count). The van der Waals surface area contributed by atoms with E-state index < -0.39 is 5.54 Å². The van der Waals surface area contributed by atoms with Gasteiger partial charge in [0.05, 0.1) is 0 Å². The Labute approximate surface area is 46.6 Å². The second-order valence-corrected chi connectivity index (χ2v) is 2.25. The lowest BCUT2D eigenvalue weighted by Gasteiger charge is -2.28. The molecule has 0 amide bonds. The molecule has 0 radical (unpaired) electrons. The molecule has 0 aromatic carbocycles. The SMILES string of the molecule is CC1([N+](=O)[O-])COC1. The van der Waals surface area contributed by atoms with Crippen molar-refractivity contribution < 1.29 is 9.66 Å². The molecule has 1 aliphatic rings. The highest BCUT2D eigenvalue weighted by molar-refractivity contribution is 4.79. The van der Waals surface area contributed by atoms with Gasteiger partial charge in [-0.3, -0.25) is 10.1 Å². The lowest BCUT2D eigenvalue weighted by Crippen LogP contribution is -2.53. The maximum absolute atomic E-state index is 10.0. The average Bonchev–Trinajstić information content (AvgIpc) is 1.60. The largest absolute Gasteiger partial charge is 0.366 e. The fraction of sp³-hybridized carbons (Fsp3) is 1.00. The Kier molecular flexibility index (Phi) is 0.973. The second kappa shape index (κ2) is 1.42. The van der Waals surface area contributed by atoms with Crippen LogP contribution in [0.2, 0.25) is 0 Å². The summed E-state index contributed by atoms with van der Waals surface area (Å²) in [5.74, 6) is 0. The van der Waals surface area contributed by atoms with Crippen LogP contribution in [0.3, 0.4) is 0 Å². The Morgan fingerprint density at radius 2 is 2.25 bits per heavy atom. The molecule has 0 atom stereocenters. The van der Waals surface area contributed by atoms with E-state index in [9.17, 15) is 10.1 Å². The number of nitrogens with zero attached hydrogens (tertiary/aromatic N) is 1. The minimum Gasteiger partial charge on any atom is -0.366 e. The van der Waals surface area contributed by atoms with Crippen molar-refractivity contribution in [3.05, 3.63) is 10.1 Å². The molecule has 0 bridgehead atoms. The van der Waals surface area contributed by atoms with Crippen molar-refractivity contribution in [2.24, 2.45) is 0 Å². The van der Waals surface area contributed by atoms with Gasteiger partial charge < -0.3 is 4.74 Å². The van der Waals surface area contributed by atoms with Gasteiger partial charge in [0.25, 0.3) is 5.54 Å². The third-order valence-electron chi connectivity index (χ3n) is 1.27. The van der Waals surface area contributed by atoms with Gasteiger partial charge in [0.15, 0.2) is 0 Å². The van der Waals surface area contributed by atoms with Crippen LogP contribution in [0.15, 0.2) is 0 Å². The van der Waals surface area contributed by atoms with Gasteiger partial charge in [-0.25, -0.2) is 0 Å². The van der Waals surface area contributed by atoms with Crippen LogP contribution in [-0.2, 0) is 4.74 Å². The Morgan fingerprint density at radius 1 is 1.75 bits per heavy atom. The summed E-state index contributed by atoms with van der Waals surface area (Å²) < 4.78 is 4.66. The molecule has 0 aliphatic carbocycles. The summed E-state index contributed by atoms with van der Waals surface area (Å²) >= 11 is 0. The third-order valence-corrected chi connectivity index (χ3v) is 1.27. The predicted octanol–water partition coefficient (Wildman–Crippen LogP) is 0.0520. The van der Waals surface area contributed by atoms with E-state index in [2.05, 4.69) is 4.74 Å². The van der Waals surface area contributed by atoms with Gasteiger partial charge in [-0.1, -0.05) is 0 Å². The van der Waals surface area contributed by atoms with Gasteiger partial charge in [0, 0.05) is 11.8 Å². The number of hydrogen-bond acceptors (Lipinski definition) is 3. The molecule has 1 fully saturated rings. The first-order valence-electron chi connectivity index (χ1n) is 2.37. The molecule has 4 heteroatoms. The lowest BCUT2D eigenvalue weighted by atomic mass is 10.0. The van der Waals surface area contributed by atoms with Gasteiger partial charge in [-0.05, 0) is 0 Å². The molecule has 0 N–H and O–H groups in total. The summed E-state index contributed by atoms with van der Waals surface area (Å²) in [4.78, 5) is 9.73. The molecule has 1 aliphatic heterocycles. The molecular formula is C4H7NO3. The van der Waals surface area contributed by atoms with Crippen molar-refractivity contribution in [1.82, 2.24) is 0 Å². The monoisotopic (exact) mass is 117 g/mol. The van der Waals surface area contributed by atoms with E-state index in [4.69, 9.17) is 0 Å². The highest BCUT2D eigenvalue weighted by Gasteiger charge is 2.45. The Morgan fingerprint density at radius 3 is 2.25 bits per heavy atom. The van der Waals surface area contributed by atoms with Crippen LogP contribution in [0.4, 0.5) is 0 Å². The van der Waals surface area contributed by atoms with Crippen LogP contribution in [0, 0.1) is 10.1 Å². The maximum atomic E-state index is 10.0. The first-order chi connectivity index (χ1) is 3.65. The molecule has 0 unspecified atom stereocenters. The lowest BCUT2D eigenvalue weighted by molar-refractivity contribution is -0.597. The smallest absolute Gasteiger partial charge is 0.265 e. The zero-order valence-corrected chi connectivity index (χ0v) is 4.59. The standard InChI is InChI=1S/C4H7NO3/c1-4(5(6)7)2-8-3-4/h2-3H2,1H3. The van der Waals surface area contributed by atoms with Crippen molar-refractivity contribution in [2.45, 2.75) is 12.5 Å². The second-order valence-electron chi connectivity index (χ2n) is 2.25. The zero-order valence-electron chi connectivity index (χ0n) is 4.59. The van der Waals surface area contributed by atoms with Gasteiger partial charge in [-0.2, -0.15) is 0 Å². The highest BCUT2D eigenvalue weighted by Crippen LogP contribution is 2.18. The molecule has 8 heavy (non-hydrogen) atoms. The van der Waals surface area contributed by atoms with Gasteiger partial charge in [0.2, 0.25) is 0 Å². The maximum Gasteiger partial charge on any atom is 0.265 e. The molecule has 4 nitrogen and oxygen atoms in total. The Balaban J connectivity index is 2.53. The zero-order chi connectivity index (χ0) is 6.20. The predicted molar refractivity (Wildman–Crippen MR) is 26.2 cm³/mol. The van der Waals surface area contributed by atoms with E-state index in [-0.39, 0.29) is 18.1 Å². The fourth-order valence-electron chi connectivity index (χ4n) is 0.503. The van der Waals surface area contributed by atoms with E-state index in [0.29, 0.717) is 0 Å². The fourth-order valence-corrected chi connectivity index (χ4v) is 0.503. The Bertz CT molecular complexity index is 118. The van der Waals surface area contributed by atoms with Crippen LogP contribution < -0.4 is 0 Å². The van der Waals surface area contributed by atoms with Crippen LogP contribution in [0.5, 0.6) is 0 Å². The van der Waals surface area contributed by atoms with E-state index in [0.717, 1.165) is 0 Å². The molecule has 0 aromatic heterocycles. The first-order valence-corrected chi connectivity index (χ1v) is 2.37. The molecule has 46 valence electrons. The van der Waals surface area contributed by atoms with Gasteiger partial charge in [0.1, 0.15) is 13.2 Å². The van der Waals surface area contributed by atoms with E-state index in [1.807, 2.05) is 0 Å². The van der Waals surface area contributed by atoms with Gasteiger partial charge >= 0.3 is 0 Å². The van der Waals surface area contributed by atoms with E-state index in [1.165, 1.54) is 0 Å². The summed E-state index contributed by atoms with van der Waals surface area (Å²) in [5, 5.41) is 10.0. The highest BCUT2D eigenvalue weighted by atomic mass is 16.6. The molecule has 0 aromatic rings. The van der Waals surface area contributed by atoms with E-state index >= 15 is 0 Å². The van der Waals surface area contributed by atoms with Crippen LogP contribution >= 0.6 is 0 Å². The Hall–Kier alpha value is -0.640. The third kappa shape index (κ3) is 0.571. The number of ether oxygens (including phenoxy) is 1. The average molecular weight is 117 g/mol. The summed E-state index contributed by atoms with van der Waals surface area (Å²) in [6.45, 7) is 2.11. The van der Waals surface area contributed by atoms with Gasteiger partial charge in [-0.15, -0.1) is 0 Å². The topological polar surface area (TPSA) is 52.4 Å². The van der Waals surface area contributed by atoms with Crippen LogP contribution in [0.1, 0.15) is 6.92 Å². The molecular weight excluding hydrogens is 110 g/mol. The van der Waals surface area contributed by atoms with E-state index in [1.54, 1.807) is 6.92 Å². The minimum atomic E-state index is -0.778. The van der Waals surface area contributed by atoms with Crippen molar-refractivity contribution in [3.8, 4) is 0 Å². The van der Waals surface area contributed by atoms with Crippen molar-refractivity contribution >= 4 is 0 Å². The molecule has 1 heterocycles. The number of hydrogen-bond donors (Lipinski definition) is 0. The van der Waals surface area contributed by atoms with Crippen molar-refractivity contribution in [2.75, 3.05) is 13.2 Å². The number of nitro groups is 1. The molecule has 0 saturated carbocycles. The normalized spacial score (nSPS) is 24.1. The van der Waals surface area contributed by atoms with Crippen LogP contribution in [-0.4, -0.2) is 23.7 Å². The first kappa shape index (κ1) is 5.50.